The summed E-state index contributed by atoms with van der Waals surface area (Å²) < 4.78 is 29.6. The first-order valence-corrected chi connectivity index (χ1v) is 9.07. The minimum Gasteiger partial charge on any atom is -0.494 e. The maximum atomic E-state index is 12.0. The zero-order chi connectivity index (χ0) is 14.3. The Morgan fingerprint density at radius 1 is 1.15 bits per heavy atom. The molecule has 1 aliphatic heterocycles. The monoisotopic (exact) mass is 297 g/mol. The molecule has 0 bridgehead atoms. The van der Waals surface area contributed by atoms with Crippen molar-refractivity contribution in [3.8, 4) is 5.75 Å². The van der Waals surface area contributed by atoms with Crippen molar-refractivity contribution in [2.24, 2.45) is 5.92 Å². The molecule has 20 heavy (non-hydrogen) atoms. The van der Waals surface area contributed by atoms with Gasteiger partial charge in [-0.15, -0.1) is 0 Å². The lowest BCUT2D eigenvalue weighted by Crippen LogP contribution is -2.32. The fraction of sp³-hybridized carbons (Fsp3) is 0.600. The zero-order valence-corrected chi connectivity index (χ0v) is 12.6. The first-order valence-electron chi connectivity index (χ1n) is 7.25. The third-order valence-corrected chi connectivity index (χ3v) is 5.45. The quantitative estimate of drug-likeness (QED) is 0.781. The second kappa shape index (κ2) is 7.64. The molecule has 1 fully saturated rings. The molecule has 1 aromatic rings. The SMILES string of the molecule is O=S(=O)(CCCOc1ccccc1)CC1CCNCC1. The lowest BCUT2D eigenvalue weighted by Gasteiger charge is -2.22. The van der Waals surface area contributed by atoms with Crippen LogP contribution in [0.25, 0.3) is 0 Å². The van der Waals surface area contributed by atoms with E-state index in [9.17, 15) is 8.42 Å². The van der Waals surface area contributed by atoms with Gasteiger partial charge in [0.25, 0.3) is 0 Å². The van der Waals surface area contributed by atoms with Crippen LogP contribution in [0, 0.1) is 5.92 Å². The molecule has 1 saturated heterocycles. The Morgan fingerprint density at radius 2 is 1.85 bits per heavy atom. The van der Waals surface area contributed by atoms with Gasteiger partial charge in [-0.3, -0.25) is 0 Å². The van der Waals surface area contributed by atoms with Gasteiger partial charge in [0.05, 0.1) is 18.1 Å². The average molecular weight is 297 g/mol. The Bertz CT molecular complexity index is 481. The van der Waals surface area contributed by atoms with Gasteiger partial charge in [0.2, 0.25) is 0 Å². The molecule has 1 N–H and O–H groups in total. The van der Waals surface area contributed by atoms with Gasteiger partial charge in [-0.1, -0.05) is 18.2 Å². The molecule has 0 saturated carbocycles. The first-order chi connectivity index (χ1) is 9.66. The number of hydrogen-bond acceptors (Lipinski definition) is 4. The normalized spacial score (nSPS) is 17.0. The van der Waals surface area contributed by atoms with Crippen LogP contribution in [0.1, 0.15) is 19.3 Å². The van der Waals surface area contributed by atoms with Crippen LogP contribution in [0.5, 0.6) is 5.75 Å². The zero-order valence-electron chi connectivity index (χ0n) is 11.8. The molecular weight excluding hydrogens is 274 g/mol. The van der Waals surface area contributed by atoms with Crippen LogP contribution in [0.15, 0.2) is 30.3 Å². The second-order valence-electron chi connectivity index (χ2n) is 5.32. The summed E-state index contributed by atoms with van der Waals surface area (Å²) in [5, 5.41) is 3.26. The van der Waals surface area contributed by atoms with Gasteiger partial charge in [-0.25, -0.2) is 8.42 Å². The van der Waals surface area contributed by atoms with Gasteiger partial charge in [0.1, 0.15) is 5.75 Å². The van der Waals surface area contributed by atoms with Crippen molar-refractivity contribution < 1.29 is 13.2 Å². The molecule has 2 rings (SSSR count). The fourth-order valence-electron chi connectivity index (χ4n) is 2.48. The van der Waals surface area contributed by atoms with Crippen LogP contribution in [-0.2, 0) is 9.84 Å². The van der Waals surface area contributed by atoms with E-state index >= 15 is 0 Å². The highest BCUT2D eigenvalue weighted by Gasteiger charge is 2.20. The Balaban J connectivity index is 1.67. The Hall–Kier alpha value is -1.07. The third kappa shape index (κ3) is 5.51. The largest absolute Gasteiger partial charge is 0.494 e. The summed E-state index contributed by atoms with van der Waals surface area (Å²) in [6.07, 6.45) is 2.50. The van der Waals surface area contributed by atoms with Crippen molar-refractivity contribution >= 4 is 9.84 Å². The van der Waals surface area contributed by atoms with E-state index in [1.165, 1.54) is 0 Å². The van der Waals surface area contributed by atoms with E-state index in [2.05, 4.69) is 5.32 Å². The number of nitrogens with one attached hydrogen (secondary N) is 1. The molecule has 1 aliphatic rings. The number of para-hydroxylation sites is 1. The summed E-state index contributed by atoms with van der Waals surface area (Å²) >= 11 is 0. The average Bonchev–Trinajstić information content (AvgIpc) is 2.45. The van der Waals surface area contributed by atoms with Crippen LogP contribution in [0.3, 0.4) is 0 Å². The number of hydrogen-bond donors (Lipinski definition) is 1. The lowest BCUT2D eigenvalue weighted by molar-refractivity contribution is 0.317. The molecule has 1 heterocycles. The highest BCUT2D eigenvalue weighted by molar-refractivity contribution is 7.91. The first kappa shape index (κ1) is 15.3. The van der Waals surface area contributed by atoms with Gasteiger partial charge in [-0.2, -0.15) is 0 Å². The molecule has 0 unspecified atom stereocenters. The van der Waals surface area contributed by atoms with E-state index in [0.29, 0.717) is 24.7 Å². The predicted molar refractivity (Wildman–Crippen MR) is 80.8 cm³/mol. The van der Waals surface area contributed by atoms with Crippen molar-refractivity contribution in [2.45, 2.75) is 19.3 Å². The van der Waals surface area contributed by atoms with Crippen molar-refractivity contribution in [3.63, 3.8) is 0 Å². The van der Waals surface area contributed by atoms with Gasteiger partial charge in [0, 0.05) is 0 Å². The van der Waals surface area contributed by atoms with Gasteiger partial charge >= 0.3 is 0 Å². The number of piperidine rings is 1. The highest BCUT2D eigenvalue weighted by atomic mass is 32.2. The van der Waals surface area contributed by atoms with E-state index in [1.54, 1.807) is 0 Å². The minimum atomic E-state index is -2.94. The van der Waals surface area contributed by atoms with Gasteiger partial charge in [0.15, 0.2) is 9.84 Å². The molecule has 0 aliphatic carbocycles. The molecule has 0 amide bonds. The van der Waals surface area contributed by atoms with Crippen LogP contribution >= 0.6 is 0 Å². The molecule has 1 aromatic carbocycles. The number of benzene rings is 1. The van der Waals surface area contributed by atoms with Crippen molar-refractivity contribution in [1.29, 1.82) is 0 Å². The minimum absolute atomic E-state index is 0.226. The topological polar surface area (TPSA) is 55.4 Å². The Morgan fingerprint density at radius 3 is 2.55 bits per heavy atom. The summed E-state index contributed by atoms with van der Waals surface area (Å²) in [6, 6.07) is 9.50. The summed E-state index contributed by atoms with van der Waals surface area (Å²) in [5.41, 5.74) is 0. The smallest absolute Gasteiger partial charge is 0.150 e. The predicted octanol–water partition coefficient (Wildman–Crippen LogP) is 1.87. The summed E-state index contributed by atoms with van der Waals surface area (Å²) in [6.45, 7) is 2.34. The molecule has 112 valence electrons. The van der Waals surface area contributed by atoms with Crippen LogP contribution in [-0.4, -0.2) is 39.6 Å². The Kier molecular flexibility index (Phi) is 5.86. The summed E-state index contributed by atoms with van der Waals surface area (Å²) in [7, 11) is -2.94. The van der Waals surface area contributed by atoms with Crippen LogP contribution in [0.2, 0.25) is 0 Å². The number of ether oxygens (including phenoxy) is 1. The van der Waals surface area contributed by atoms with E-state index < -0.39 is 9.84 Å². The van der Waals surface area contributed by atoms with Gasteiger partial charge in [-0.05, 0) is 50.4 Å². The second-order valence-corrected chi connectivity index (χ2v) is 7.55. The van der Waals surface area contributed by atoms with E-state index in [0.717, 1.165) is 31.7 Å². The fourth-order valence-corrected chi connectivity index (χ4v) is 4.25. The molecule has 0 atom stereocenters. The maximum absolute atomic E-state index is 12.0. The highest BCUT2D eigenvalue weighted by Crippen LogP contribution is 2.15. The molecule has 0 radical (unpaired) electrons. The standard InChI is InChI=1S/C15H23NO3S/c17-20(18,13-14-7-9-16-10-8-14)12-4-11-19-15-5-2-1-3-6-15/h1-3,5-6,14,16H,4,7-13H2. The molecule has 4 nitrogen and oxygen atoms in total. The van der Waals surface area contributed by atoms with E-state index in [4.69, 9.17) is 4.74 Å². The van der Waals surface area contributed by atoms with Crippen molar-refractivity contribution in [2.75, 3.05) is 31.2 Å². The summed E-state index contributed by atoms with van der Waals surface area (Å²) in [4.78, 5) is 0. The van der Waals surface area contributed by atoms with Gasteiger partial charge < -0.3 is 10.1 Å². The summed E-state index contributed by atoms with van der Waals surface area (Å²) in [5.74, 6) is 1.68. The Labute approximate surface area is 121 Å². The molecule has 5 heteroatoms. The van der Waals surface area contributed by atoms with Crippen LogP contribution < -0.4 is 10.1 Å². The number of sulfone groups is 1. The number of rotatable bonds is 7. The van der Waals surface area contributed by atoms with E-state index in [1.807, 2.05) is 30.3 Å². The van der Waals surface area contributed by atoms with Crippen LogP contribution in [0.4, 0.5) is 0 Å². The lowest BCUT2D eigenvalue weighted by atomic mass is 10.0. The molecule has 0 aromatic heterocycles. The third-order valence-electron chi connectivity index (χ3n) is 3.56. The maximum Gasteiger partial charge on any atom is 0.150 e. The van der Waals surface area contributed by atoms with E-state index in [-0.39, 0.29) is 5.75 Å². The molecular formula is C15H23NO3S. The molecule has 0 spiro atoms. The van der Waals surface area contributed by atoms with Crippen molar-refractivity contribution in [3.05, 3.63) is 30.3 Å². The van der Waals surface area contributed by atoms with Crippen molar-refractivity contribution in [1.82, 2.24) is 5.32 Å².